The third-order valence-electron chi connectivity index (χ3n) is 5.18. The van der Waals surface area contributed by atoms with E-state index in [9.17, 15) is 8.42 Å². The predicted octanol–water partition coefficient (Wildman–Crippen LogP) is 3.32. The number of aromatic nitrogens is 4. The second-order valence-corrected chi connectivity index (χ2v) is 10.0. The van der Waals surface area contributed by atoms with E-state index in [0.717, 1.165) is 31.5 Å². The minimum absolute atomic E-state index is 0. The Hall–Kier alpha value is -2.73. The second-order valence-electron chi connectivity index (χ2n) is 7.86. The maximum Gasteiger partial charge on any atom is 0.231 e. The van der Waals surface area contributed by atoms with Crippen LogP contribution in [0.1, 0.15) is 29.7 Å². The molecule has 2 aromatic heterocycles. The highest BCUT2D eigenvalue weighted by atomic mass is 35.5. The van der Waals surface area contributed by atoms with Crippen molar-refractivity contribution in [2.24, 2.45) is 0 Å². The Morgan fingerprint density at radius 2 is 1.97 bits per heavy atom. The normalized spacial score (nSPS) is 15.4. The number of rotatable bonds is 7. The summed E-state index contributed by atoms with van der Waals surface area (Å²) in [5.74, 6) is 1.38. The monoisotopic (exact) mass is 524 g/mol. The smallest absolute Gasteiger partial charge is 0.231 e. The van der Waals surface area contributed by atoms with Gasteiger partial charge in [-0.15, -0.1) is 12.4 Å². The van der Waals surface area contributed by atoms with Crippen molar-refractivity contribution < 1.29 is 8.42 Å². The van der Waals surface area contributed by atoms with Crippen LogP contribution in [0.2, 0.25) is 5.02 Å². The Labute approximate surface area is 209 Å². The molecule has 0 bridgehead atoms. The van der Waals surface area contributed by atoms with E-state index < -0.39 is 10.0 Å². The lowest BCUT2D eigenvalue weighted by Gasteiger charge is -2.15. The van der Waals surface area contributed by atoms with E-state index in [1.165, 1.54) is 29.7 Å². The van der Waals surface area contributed by atoms with Crippen LogP contribution in [0.3, 0.4) is 0 Å². The fraction of sp³-hybridized carbons (Fsp3) is 0.333. The van der Waals surface area contributed by atoms with E-state index in [4.69, 9.17) is 11.6 Å². The molecule has 0 fully saturated rings. The molecular weight excluding hydrogens is 499 g/mol. The summed E-state index contributed by atoms with van der Waals surface area (Å²) < 4.78 is 25.5. The van der Waals surface area contributed by atoms with Crippen molar-refractivity contribution in [1.82, 2.24) is 25.3 Å². The molecule has 34 heavy (non-hydrogen) atoms. The number of nitrogens with zero attached hydrogens (tertiary/aromatic N) is 4. The molecule has 0 saturated carbocycles. The molecule has 0 aliphatic carbocycles. The zero-order valence-electron chi connectivity index (χ0n) is 18.7. The number of hydrogen-bond acceptors (Lipinski definition) is 9. The Kier molecular flexibility index (Phi) is 8.47. The Morgan fingerprint density at radius 1 is 1.18 bits per heavy atom. The first-order valence-electron chi connectivity index (χ1n) is 10.4. The second kappa shape index (κ2) is 11.1. The van der Waals surface area contributed by atoms with Gasteiger partial charge in [0.05, 0.1) is 19.0 Å². The molecule has 4 N–H and O–H groups in total. The lowest BCUT2D eigenvalue weighted by Crippen LogP contribution is -2.18. The predicted molar refractivity (Wildman–Crippen MR) is 137 cm³/mol. The van der Waals surface area contributed by atoms with E-state index >= 15 is 0 Å². The van der Waals surface area contributed by atoms with Gasteiger partial charge in [-0.1, -0.05) is 24.6 Å². The molecule has 1 unspecified atom stereocenters. The quantitative estimate of drug-likeness (QED) is 0.367. The molecular formula is C21H26Cl2N8O2S. The summed E-state index contributed by atoms with van der Waals surface area (Å²) in [7, 11) is -3.49. The molecule has 3 aromatic rings. The van der Waals surface area contributed by atoms with Gasteiger partial charge in [-0.25, -0.2) is 18.4 Å². The number of nitrogens with one attached hydrogen (secondary N) is 4. The van der Waals surface area contributed by atoms with E-state index in [0.29, 0.717) is 28.4 Å². The first-order chi connectivity index (χ1) is 15.8. The van der Waals surface area contributed by atoms with Crippen molar-refractivity contribution in [1.29, 1.82) is 0 Å². The van der Waals surface area contributed by atoms with Crippen molar-refractivity contribution >= 4 is 57.3 Å². The maximum atomic E-state index is 11.6. The van der Waals surface area contributed by atoms with Gasteiger partial charge < -0.3 is 16.0 Å². The molecule has 1 atom stereocenters. The molecule has 1 aliphatic heterocycles. The number of benzene rings is 1. The lowest BCUT2D eigenvalue weighted by atomic mass is 9.95. The molecule has 0 radical (unpaired) electrons. The molecule has 0 amide bonds. The Morgan fingerprint density at radius 3 is 2.76 bits per heavy atom. The van der Waals surface area contributed by atoms with Crippen LogP contribution in [0.15, 0.2) is 36.8 Å². The summed E-state index contributed by atoms with van der Waals surface area (Å²) in [4.78, 5) is 17.0. The van der Waals surface area contributed by atoms with E-state index in [1.54, 1.807) is 0 Å². The summed E-state index contributed by atoms with van der Waals surface area (Å²) in [6.07, 6.45) is 6.41. The summed E-state index contributed by atoms with van der Waals surface area (Å²) in [6.45, 7) is 4.30. The summed E-state index contributed by atoms with van der Waals surface area (Å²) in [5, 5.41) is 10.1. The van der Waals surface area contributed by atoms with Crippen LogP contribution in [0.5, 0.6) is 0 Å². The zero-order valence-corrected chi connectivity index (χ0v) is 21.1. The molecule has 0 saturated heterocycles. The zero-order chi connectivity index (χ0) is 23.4. The highest BCUT2D eigenvalue weighted by Crippen LogP contribution is 2.27. The van der Waals surface area contributed by atoms with Gasteiger partial charge in [0.25, 0.3) is 0 Å². The van der Waals surface area contributed by atoms with Gasteiger partial charge in [0.2, 0.25) is 16.0 Å². The maximum absolute atomic E-state index is 11.6. The van der Waals surface area contributed by atoms with Gasteiger partial charge >= 0.3 is 0 Å². The molecule has 4 rings (SSSR count). The summed E-state index contributed by atoms with van der Waals surface area (Å²) >= 11 is 6.27. The van der Waals surface area contributed by atoms with Crippen LogP contribution in [0.25, 0.3) is 0 Å². The van der Waals surface area contributed by atoms with Crippen molar-refractivity contribution in [3.63, 3.8) is 0 Å². The first-order valence-corrected chi connectivity index (χ1v) is 12.7. The minimum Gasteiger partial charge on any atom is -0.363 e. The average molecular weight is 525 g/mol. The van der Waals surface area contributed by atoms with Gasteiger partial charge in [0, 0.05) is 24.6 Å². The van der Waals surface area contributed by atoms with Crippen LogP contribution >= 0.6 is 24.0 Å². The van der Waals surface area contributed by atoms with Gasteiger partial charge in [0.1, 0.15) is 10.7 Å². The molecule has 1 aliphatic rings. The topological polar surface area (TPSA) is 134 Å². The average Bonchev–Trinajstić information content (AvgIpc) is 2.95. The van der Waals surface area contributed by atoms with Crippen LogP contribution in [-0.2, 0) is 23.0 Å². The largest absolute Gasteiger partial charge is 0.363 e. The standard InChI is InChI=1S/C21H25ClN8O2S.ClH/c1-13-10-23-6-5-14-9-15(3-4-16(13)14)28-21-27-11-17(22)19(29-21)26-12-18-20(25-8-7-24-18)30-33(2,31)32;/h3-4,7-9,11,13,23H,5-6,10,12H2,1-2H3,(H,25,30)(H2,26,27,28,29);1H. The number of halogens is 2. The molecule has 10 nitrogen and oxygen atoms in total. The Bertz CT molecular complexity index is 1260. The van der Waals surface area contributed by atoms with Crippen LogP contribution in [0.4, 0.5) is 23.3 Å². The van der Waals surface area contributed by atoms with E-state index in [2.05, 4.69) is 59.7 Å². The highest BCUT2D eigenvalue weighted by Gasteiger charge is 2.16. The number of fused-ring (bicyclic) bond motifs is 1. The third-order valence-corrected chi connectivity index (χ3v) is 6.02. The van der Waals surface area contributed by atoms with Crippen LogP contribution in [0, 0.1) is 0 Å². The highest BCUT2D eigenvalue weighted by molar-refractivity contribution is 7.92. The van der Waals surface area contributed by atoms with Crippen molar-refractivity contribution in [3.8, 4) is 0 Å². The summed E-state index contributed by atoms with van der Waals surface area (Å²) in [5.41, 5.74) is 3.95. The lowest BCUT2D eigenvalue weighted by molar-refractivity contribution is 0.606. The third kappa shape index (κ3) is 6.66. The van der Waals surface area contributed by atoms with Crippen LogP contribution < -0.4 is 20.7 Å². The van der Waals surface area contributed by atoms with Crippen molar-refractivity contribution in [2.75, 3.05) is 34.7 Å². The van der Waals surface area contributed by atoms with Gasteiger partial charge in [-0.05, 0) is 42.1 Å². The van der Waals surface area contributed by atoms with Gasteiger partial charge in [-0.2, -0.15) is 4.98 Å². The molecule has 13 heteroatoms. The molecule has 0 spiro atoms. The van der Waals surface area contributed by atoms with Crippen LogP contribution in [-0.4, -0.2) is 47.7 Å². The van der Waals surface area contributed by atoms with Crippen molar-refractivity contribution in [3.05, 3.63) is 58.6 Å². The fourth-order valence-corrected chi connectivity index (χ4v) is 4.32. The number of sulfonamides is 1. The number of hydrogen-bond donors (Lipinski definition) is 4. The Balaban J connectivity index is 0.00000324. The van der Waals surface area contributed by atoms with E-state index in [1.807, 2.05) is 6.07 Å². The van der Waals surface area contributed by atoms with Gasteiger partial charge in [0.15, 0.2) is 11.6 Å². The molecule has 3 heterocycles. The van der Waals surface area contributed by atoms with E-state index in [-0.39, 0.29) is 24.8 Å². The van der Waals surface area contributed by atoms with Gasteiger partial charge in [-0.3, -0.25) is 9.71 Å². The minimum atomic E-state index is -3.49. The molecule has 1 aromatic carbocycles. The SMILES string of the molecule is CC1CNCCc2cc(Nc3ncc(Cl)c(NCc4nccnc4NS(C)(=O)=O)n3)ccc21.Cl. The number of anilines is 4. The molecule has 182 valence electrons. The summed E-state index contributed by atoms with van der Waals surface area (Å²) in [6, 6.07) is 6.30. The van der Waals surface area contributed by atoms with Crippen molar-refractivity contribution in [2.45, 2.75) is 25.8 Å². The fourth-order valence-electron chi connectivity index (χ4n) is 3.64. The first kappa shape index (κ1) is 25.9.